The zero-order valence-corrected chi connectivity index (χ0v) is 13.4. The van der Waals surface area contributed by atoms with E-state index in [1.54, 1.807) is 30.6 Å². The number of urea groups is 1. The minimum atomic E-state index is -0.375. The SMILES string of the molecule is O=C(Nc1cnn(-c2ccccc2F)c1)N[C@@H]1CCc2[nH]ncc2C1. The van der Waals surface area contributed by atoms with E-state index in [9.17, 15) is 9.18 Å². The number of benzene rings is 1. The number of anilines is 1. The predicted molar refractivity (Wildman–Crippen MR) is 90.1 cm³/mol. The maximum atomic E-state index is 13.8. The zero-order chi connectivity index (χ0) is 17.2. The lowest BCUT2D eigenvalue weighted by molar-refractivity contribution is 0.247. The van der Waals surface area contributed by atoms with Crippen molar-refractivity contribution in [2.75, 3.05) is 5.32 Å². The van der Waals surface area contributed by atoms with E-state index in [-0.39, 0.29) is 17.9 Å². The molecule has 0 aliphatic heterocycles. The number of para-hydroxylation sites is 1. The summed E-state index contributed by atoms with van der Waals surface area (Å²) in [5.74, 6) is -0.375. The number of halogens is 1. The van der Waals surface area contributed by atoms with Gasteiger partial charge in [-0.05, 0) is 37.0 Å². The average molecular weight is 340 g/mol. The quantitative estimate of drug-likeness (QED) is 0.684. The Bertz CT molecular complexity index is 902. The summed E-state index contributed by atoms with van der Waals surface area (Å²) in [4.78, 5) is 12.2. The molecule has 0 saturated carbocycles. The number of H-pyrrole nitrogens is 1. The summed E-state index contributed by atoms with van der Waals surface area (Å²) in [6.45, 7) is 0. The smallest absolute Gasteiger partial charge is 0.319 e. The second-order valence-corrected chi connectivity index (χ2v) is 6.04. The molecule has 128 valence electrons. The zero-order valence-electron chi connectivity index (χ0n) is 13.4. The maximum Gasteiger partial charge on any atom is 0.319 e. The summed E-state index contributed by atoms with van der Waals surface area (Å²) in [6.07, 6.45) is 7.35. The van der Waals surface area contributed by atoms with Gasteiger partial charge in [-0.2, -0.15) is 10.2 Å². The van der Waals surface area contributed by atoms with E-state index in [2.05, 4.69) is 25.9 Å². The Morgan fingerprint density at radius 2 is 2.20 bits per heavy atom. The van der Waals surface area contributed by atoms with Crippen LogP contribution in [0.1, 0.15) is 17.7 Å². The van der Waals surface area contributed by atoms with Crippen LogP contribution >= 0.6 is 0 Å². The fourth-order valence-corrected chi connectivity index (χ4v) is 3.05. The minimum Gasteiger partial charge on any atom is -0.335 e. The van der Waals surface area contributed by atoms with Gasteiger partial charge in [-0.3, -0.25) is 5.10 Å². The first-order valence-corrected chi connectivity index (χ1v) is 8.07. The summed E-state index contributed by atoms with van der Waals surface area (Å²) < 4.78 is 15.2. The molecule has 0 bridgehead atoms. The van der Waals surface area contributed by atoms with E-state index >= 15 is 0 Å². The molecule has 0 radical (unpaired) electrons. The van der Waals surface area contributed by atoms with Crippen LogP contribution in [0.2, 0.25) is 0 Å². The number of aromatic nitrogens is 4. The van der Waals surface area contributed by atoms with Crippen LogP contribution in [-0.4, -0.2) is 32.1 Å². The Kier molecular flexibility index (Phi) is 3.93. The Balaban J connectivity index is 1.38. The van der Waals surface area contributed by atoms with Crippen molar-refractivity contribution in [1.29, 1.82) is 0 Å². The molecule has 0 saturated heterocycles. The summed E-state index contributed by atoms with van der Waals surface area (Å²) in [5.41, 5.74) is 3.12. The Hall–Kier alpha value is -3.16. The molecule has 2 amide bonds. The Morgan fingerprint density at radius 1 is 1.32 bits per heavy atom. The fourth-order valence-electron chi connectivity index (χ4n) is 3.05. The molecule has 0 fully saturated rings. The lowest BCUT2D eigenvalue weighted by Crippen LogP contribution is -2.41. The van der Waals surface area contributed by atoms with Gasteiger partial charge in [0, 0.05) is 11.7 Å². The van der Waals surface area contributed by atoms with Gasteiger partial charge in [0.05, 0.1) is 24.3 Å². The Labute approximate surface area is 143 Å². The van der Waals surface area contributed by atoms with Crippen molar-refractivity contribution >= 4 is 11.7 Å². The lowest BCUT2D eigenvalue weighted by Gasteiger charge is -2.22. The van der Waals surface area contributed by atoms with E-state index in [1.165, 1.54) is 16.9 Å². The highest BCUT2D eigenvalue weighted by atomic mass is 19.1. The van der Waals surface area contributed by atoms with Gasteiger partial charge in [-0.15, -0.1) is 0 Å². The van der Waals surface area contributed by atoms with Crippen molar-refractivity contribution in [1.82, 2.24) is 25.3 Å². The second kappa shape index (κ2) is 6.39. The molecule has 25 heavy (non-hydrogen) atoms. The van der Waals surface area contributed by atoms with Gasteiger partial charge < -0.3 is 10.6 Å². The number of hydrogen-bond donors (Lipinski definition) is 3. The highest BCUT2D eigenvalue weighted by Crippen LogP contribution is 2.19. The van der Waals surface area contributed by atoms with Crippen molar-refractivity contribution in [3.63, 3.8) is 0 Å². The summed E-state index contributed by atoms with van der Waals surface area (Å²) >= 11 is 0. The molecular weight excluding hydrogens is 323 g/mol. The fraction of sp³-hybridized carbons (Fsp3) is 0.235. The van der Waals surface area contributed by atoms with Crippen LogP contribution in [-0.2, 0) is 12.8 Å². The third-order valence-electron chi connectivity index (χ3n) is 4.29. The third kappa shape index (κ3) is 3.23. The van der Waals surface area contributed by atoms with Gasteiger partial charge in [-0.25, -0.2) is 13.9 Å². The molecule has 3 aromatic rings. The van der Waals surface area contributed by atoms with E-state index < -0.39 is 0 Å². The van der Waals surface area contributed by atoms with Gasteiger partial charge in [0.1, 0.15) is 11.5 Å². The molecule has 2 aromatic heterocycles. The number of hydrogen-bond acceptors (Lipinski definition) is 3. The van der Waals surface area contributed by atoms with Gasteiger partial charge in [0.2, 0.25) is 0 Å². The normalized spacial score (nSPS) is 16.3. The average Bonchev–Trinajstić information content (AvgIpc) is 3.24. The number of nitrogens with zero attached hydrogens (tertiary/aromatic N) is 3. The molecule has 2 heterocycles. The van der Waals surface area contributed by atoms with Gasteiger partial charge >= 0.3 is 6.03 Å². The van der Waals surface area contributed by atoms with Crippen molar-refractivity contribution in [2.45, 2.75) is 25.3 Å². The predicted octanol–water partition coefficient (Wildman–Crippen LogP) is 2.41. The molecule has 1 atom stereocenters. The first-order chi connectivity index (χ1) is 12.2. The van der Waals surface area contributed by atoms with Crippen LogP contribution in [0.5, 0.6) is 0 Å². The van der Waals surface area contributed by atoms with Crippen LogP contribution in [0.4, 0.5) is 14.9 Å². The van der Waals surface area contributed by atoms with E-state index in [4.69, 9.17) is 0 Å². The molecular formula is C17H17FN6O. The summed E-state index contributed by atoms with van der Waals surface area (Å²) in [5, 5.41) is 16.8. The van der Waals surface area contributed by atoms with Crippen LogP contribution in [0.3, 0.4) is 0 Å². The second-order valence-electron chi connectivity index (χ2n) is 6.04. The number of amides is 2. The van der Waals surface area contributed by atoms with E-state index in [1.807, 2.05) is 0 Å². The molecule has 1 aliphatic rings. The number of carbonyl (C=O) groups is 1. The molecule has 1 aromatic carbocycles. The van der Waals surface area contributed by atoms with Gasteiger partial charge in [0.25, 0.3) is 0 Å². The summed E-state index contributed by atoms with van der Waals surface area (Å²) in [7, 11) is 0. The van der Waals surface area contributed by atoms with Crippen LogP contribution in [0.15, 0.2) is 42.9 Å². The maximum absolute atomic E-state index is 13.8. The van der Waals surface area contributed by atoms with Crippen LogP contribution in [0, 0.1) is 5.82 Å². The molecule has 0 unspecified atom stereocenters. The molecule has 7 nitrogen and oxygen atoms in total. The lowest BCUT2D eigenvalue weighted by atomic mass is 9.94. The number of aromatic amines is 1. The highest BCUT2D eigenvalue weighted by molar-refractivity contribution is 5.89. The number of nitrogens with one attached hydrogen (secondary N) is 3. The Morgan fingerprint density at radius 3 is 3.08 bits per heavy atom. The summed E-state index contributed by atoms with van der Waals surface area (Å²) in [6, 6.07) is 6.09. The first kappa shape index (κ1) is 15.4. The largest absolute Gasteiger partial charge is 0.335 e. The van der Waals surface area contributed by atoms with Crippen molar-refractivity contribution < 1.29 is 9.18 Å². The molecule has 4 rings (SSSR count). The van der Waals surface area contributed by atoms with Crippen molar-refractivity contribution in [2.24, 2.45) is 0 Å². The molecule has 3 N–H and O–H groups in total. The highest BCUT2D eigenvalue weighted by Gasteiger charge is 2.21. The van der Waals surface area contributed by atoms with E-state index in [0.29, 0.717) is 11.4 Å². The van der Waals surface area contributed by atoms with Crippen molar-refractivity contribution in [3.8, 4) is 5.69 Å². The molecule has 0 spiro atoms. The van der Waals surface area contributed by atoms with Gasteiger partial charge in [-0.1, -0.05) is 12.1 Å². The third-order valence-corrected chi connectivity index (χ3v) is 4.29. The topological polar surface area (TPSA) is 87.6 Å². The number of aryl methyl sites for hydroxylation is 1. The number of rotatable bonds is 3. The minimum absolute atomic E-state index is 0.0618. The molecule has 1 aliphatic carbocycles. The number of carbonyl (C=O) groups excluding carboxylic acids is 1. The van der Waals surface area contributed by atoms with E-state index in [0.717, 1.165) is 30.5 Å². The molecule has 8 heteroatoms. The van der Waals surface area contributed by atoms with Crippen LogP contribution < -0.4 is 10.6 Å². The number of fused-ring (bicyclic) bond motifs is 1. The monoisotopic (exact) mass is 340 g/mol. The van der Waals surface area contributed by atoms with Crippen LogP contribution in [0.25, 0.3) is 5.69 Å². The first-order valence-electron chi connectivity index (χ1n) is 8.07. The van der Waals surface area contributed by atoms with Crippen molar-refractivity contribution in [3.05, 3.63) is 59.9 Å². The standard InChI is InChI=1S/C17H17FN6O/c18-14-3-1-2-4-16(14)24-10-13(9-20-24)22-17(25)21-12-5-6-15-11(7-12)8-19-23-15/h1-4,8-10,12H,5-7H2,(H,19,23)(H2,21,22,25)/t12-/m1/s1. The van der Waals surface area contributed by atoms with Gasteiger partial charge in [0.15, 0.2) is 0 Å².